The Labute approximate surface area is 187 Å². The summed E-state index contributed by atoms with van der Waals surface area (Å²) in [6.45, 7) is 5.16. The van der Waals surface area contributed by atoms with Crippen molar-refractivity contribution in [1.29, 1.82) is 0 Å². The van der Waals surface area contributed by atoms with Gasteiger partial charge in [-0.15, -0.1) is 0 Å². The molecule has 2 aliphatic heterocycles. The van der Waals surface area contributed by atoms with Crippen molar-refractivity contribution >= 4 is 16.9 Å². The molecule has 3 aromatic rings. The van der Waals surface area contributed by atoms with Gasteiger partial charge in [-0.25, -0.2) is 0 Å². The van der Waals surface area contributed by atoms with E-state index in [4.69, 9.17) is 18.6 Å². The first-order chi connectivity index (χ1) is 15.7. The first kappa shape index (κ1) is 20.7. The van der Waals surface area contributed by atoms with E-state index in [0.29, 0.717) is 6.54 Å². The predicted octanol–water partition coefficient (Wildman–Crippen LogP) is 3.88. The fourth-order valence-corrected chi connectivity index (χ4v) is 4.59. The van der Waals surface area contributed by atoms with Crippen LogP contribution in [0.2, 0.25) is 0 Å². The minimum absolute atomic E-state index is 0.0634. The minimum Gasteiger partial charge on any atom is -0.459 e. The zero-order chi connectivity index (χ0) is 22.0. The Morgan fingerprint density at radius 1 is 1.03 bits per heavy atom. The van der Waals surface area contributed by atoms with E-state index >= 15 is 0 Å². The highest BCUT2D eigenvalue weighted by Crippen LogP contribution is 2.40. The van der Waals surface area contributed by atoms with Crippen molar-refractivity contribution in [2.75, 3.05) is 33.6 Å². The molecule has 5 rings (SSSR count). The first-order valence-corrected chi connectivity index (χ1v) is 11.1. The Morgan fingerprint density at radius 2 is 1.84 bits per heavy atom. The number of para-hydroxylation sites is 1. The number of nitrogens with zero attached hydrogens (tertiary/aromatic N) is 1. The molecule has 0 saturated carbocycles. The van der Waals surface area contributed by atoms with E-state index in [-0.39, 0.29) is 12.2 Å². The molecule has 32 heavy (non-hydrogen) atoms. The largest absolute Gasteiger partial charge is 0.459 e. The van der Waals surface area contributed by atoms with E-state index in [0.717, 1.165) is 72.4 Å². The minimum atomic E-state index is -0.0634. The van der Waals surface area contributed by atoms with Gasteiger partial charge < -0.3 is 29.3 Å². The highest BCUT2D eigenvalue weighted by Gasteiger charge is 2.36. The number of benzene rings is 2. The van der Waals surface area contributed by atoms with Gasteiger partial charge in [0.25, 0.3) is 0 Å². The van der Waals surface area contributed by atoms with E-state index in [9.17, 15) is 0 Å². The molecule has 3 heterocycles. The second-order valence-electron chi connectivity index (χ2n) is 8.39. The van der Waals surface area contributed by atoms with Gasteiger partial charge in [-0.2, -0.15) is 0 Å². The summed E-state index contributed by atoms with van der Waals surface area (Å²) in [6.07, 6.45) is 1.86. The Hall–Kier alpha value is -3.19. The summed E-state index contributed by atoms with van der Waals surface area (Å²) in [7, 11) is 1.79. The van der Waals surface area contributed by atoms with E-state index in [1.807, 2.05) is 24.3 Å². The fraction of sp³-hybridized carbons (Fsp3) is 0.400. The summed E-state index contributed by atoms with van der Waals surface area (Å²) in [5.41, 5.74) is 3.24. The molecule has 1 saturated heterocycles. The van der Waals surface area contributed by atoms with Gasteiger partial charge in [0.1, 0.15) is 11.3 Å². The summed E-state index contributed by atoms with van der Waals surface area (Å²) in [6, 6.07) is 14.4. The van der Waals surface area contributed by atoms with Gasteiger partial charge in [0.05, 0.1) is 6.54 Å². The average molecular weight is 436 g/mol. The fourth-order valence-electron chi connectivity index (χ4n) is 4.59. The van der Waals surface area contributed by atoms with Gasteiger partial charge in [0, 0.05) is 43.2 Å². The Bertz CT molecular complexity index is 1130. The van der Waals surface area contributed by atoms with E-state index in [1.54, 1.807) is 7.05 Å². The number of ether oxygens (including phenoxy) is 3. The van der Waals surface area contributed by atoms with Crippen LogP contribution in [0.4, 0.5) is 0 Å². The molecule has 0 atom stereocenters. The topological polar surface area (TPSA) is 77.3 Å². The standard InChI is InChI=1S/C25H29N3O4/c1-17-19-5-3-4-6-20(19)32-23(17)14-27-24(26-2)28-15-25(9-11-29-12-10-25)18-7-8-21-22(13-18)31-16-30-21/h3-8,13H,9-12,14-16H2,1-2H3,(H2,26,27,28). The van der Waals surface area contributed by atoms with Gasteiger partial charge in [-0.3, -0.25) is 4.99 Å². The molecule has 0 unspecified atom stereocenters. The van der Waals surface area contributed by atoms with Gasteiger partial charge in [0.15, 0.2) is 17.5 Å². The Kier molecular flexibility index (Phi) is 5.66. The van der Waals surface area contributed by atoms with Crippen molar-refractivity contribution in [3.05, 3.63) is 59.4 Å². The molecular weight excluding hydrogens is 406 g/mol. The molecule has 7 heteroatoms. The van der Waals surface area contributed by atoms with Crippen LogP contribution in [0.25, 0.3) is 11.0 Å². The summed E-state index contributed by atoms with van der Waals surface area (Å²) < 4.78 is 22.8. The van der Waals surface area contributed by atoms with Crippen LogP contribution in [0.3, 0.4) is 0 Å². The van der Waals surface area contributed by atoms with Gasteiger partial charge in [0.2, 0.25) is 6.79 Å². The molecule has 1 aromatic heterocycles. The summed E-state index contributed by atoms with van der Waals surface area (Å²) in [4.78, 5) is 4.43. The SMILES string of the molecule is CN=C(NCc1oc2ccccc2c1C)NCC1(c2ccc3c(c2)OCO3)CCOCC1. The number of rotatable bonds is 5. The maximum absolute atomic E-state index is 6.03. The molecule has 2 N–H and O–H groups in total. The second-order valence-corrected chi connectivity index (χ2v) is 8.39. The Morgan fingerprint density at radius 3 is 2.66 bits per heavy atom. The maximum atomic E-state index is 6.03. The van der Waals surface area contributed by atoms with Crippen LogP contribution in [0.5, 0.6) is 11.5 Å². The molecule has 168 valence electrons. The second kappa shape index (κ2) is 8.74. The molecule has 0 radical (unpaired) electrons. The molecule has 0 spiro atoms. The van der Waals surface area contributed by atoms with Crippen molar-refractivity contribution in [3.8, 4) is 11.5 Å². The Balaban J connectivity index is 1.29. The lowest BCUT2D eigenvalue weighted by Crippen LogP contribution is -2.47. The van der Waals surface area contributed by atoms with Crippen molar-refractivity contribution in [1.82, 2.24) is 10.6 Å². The van der Waals surface area contributed by atoms with Crippen LogP contribution >= 0.6 is 0 Å². The molecular formula is C25H29N3O4. The van der Waals surface area contributed by atoms with Crippen molar-refractivity contribution in [2.24, 2.45) is 4.99 Å². The van der Waals surface area contributed by atoms with Crippen molar-refractivity contribution < 1.29 is 18.6 Å². The lowest BCUT2D eigenvalue weighted by atomic mass is 9.74. The molecule has 0 amide bonds. The van der Waals surface area contributed by atoms with Crippen molar-refractivity contribution in [2.45, 2.75) is 31.7 Å². The zero-order valence-corrected chi connectivity index (χ0v) is 18.6. The van der Waals surface area contributed by atoms with E-state index < -0.39 is 0 Å². The van der Waals surface area contributed by atoms with E-state index in [1.165, 1.54) is 5.56 Å². The first-order valence-electron chi connectivity index (χ1n) is 11.1. The van der Waals surface area contributed by atoms with Crippen molar-refractivity contribution in [3.63, 3.8) is 0 Å². The van der Waals surface area contributed by atoms with Crippen LogP contribution in [0.1, 0.15) is 29.7 Å². The number of hydrogen-bond donors (Lipinski definition) is 2. The van der Waals surface area contributed by atoms with Crippen LogP contribution in [-0.2, 0) is 16.7 Å². The summed E-state index contributed by atoms with van der Waals surface area (Å²) in [5.74, 6) is 3.29. The number of nitrogens with one attached hydrogen (secondary N) is 2. The van der Waals surface area contributed by atoms with Gasteiger partial charge >= 0.3 is 0 Å². The number of fused-ring (bicyclic) bond motifs is 2. The summed E-state index contributed by atoms with van der Waals surface area (Å²) >= 11 is 0. The molecule has 0 aliphatic carbocycles. The quantitative estimate of drug-likeness (QED) is 0.468. The highest BCUT2D eigenvalue weighted by molar-refractivity contribution is 5.83. The lowest BCUT2D eigenvalue weighted by molar-refractivity contribution is 0.0513. The number of hydrogen-bond acceptors (Lipinski definition) is 5. The smallest absolute Gasteiger partial charge is 0.231 e. The van der Waals surface area contributed by atoms with Gasteiger partial charge in [-0.05, 0) is 43.5 Å². The molecule has 1 fully saturated rings. The number of guanidine groups is 1. The maximum Gasteiger partial charge on any atom is 0.231 e. The third kappa shape index (κ3) is 3.88. The lowest BCUT2D eigenvalue weighted by Gasteiger charge is -2.38. The monoisotopic (exact) mass is 435 g/mol. The molecule has 2 aliphatic rings. The third-order valence-corrected chi connectivity index (χ3v) is 6.61. The predicted molar refractivity (Wildman–Crippen MR) is 123 cm³/mol. The number of aliphatic imine (C=N–C) groups is 1. The third-order valence-electron chi connectivity index (χ3n) is 6.61. The van der Waals surface area contributed by atoms with Gasteiger partial charge in [-0.1, -0.05) is 24.3 Å². The number of furan rings is 1. The van der Waals surface area contributed by atoms with Crippen LogP contribution in [0, 0.1) is 6.92 Å². The highest BCUT2D eigenvalue weighted by atomic mass is 16.7. The molecule has 7 nitrogen and oxygen atoms in total. The van der Waals surface area contributed by atoms with Crippen LogP contribution in [-0.4, -0.2) is 39.6 Å². The van der Waals surface area contributed by atoms with Crippen LogP contribution < -0.4 is 20.1 Å². The zero-order valence-electron chi connectivity index (χ0n) is 18.6. The van der Waals surface area contributed by atoms with E-state index in [2.05, 4.69) is 40.7 Å². The molecule has 2 aromatic carbocycles. The summed E-state index contributed by atoms with van der Waals surface area (Å²) in [5, 5.41) is 8.10. The average Bonchev–Trinajstić information content (AvgIpc) is 3.44. The number of aryl methyl sites for hydroxylation is 1. The molecule has 0 bridgehead atoms. The van der Waals surface area contributed by atoms with Crippen LogP contribution in [0.15, 0.2) is 51.9 Å². The normalized spacial score (nSPS) is 17.5.